The highest BCUT2D eigenvalue weighted by atomic mass is 16.5. The van der Waals surface area contributed by atoms with E-state index in [0.717, 1.165) is 18.4 Å². The molecule has 1 aromatic rings. The van der Waals surface area contributed by atoms with E-state index in [2.05, 4.69) is 5.32 Å². The summed E-state index contributed by atoms with van der Waals surface area (Å²) < 4.78 is 10.3. The Balaban J connectivity index is 2.05. The molecule has 0 radical (unpaired) electrons. The molecule has 0 heterocycles. The number of rotatable bonds is 6. The molecule has 0 spiro atoms. The number of methoxy groups -OCH3 is 2. The van der Waals surface area contributed by atoms with Gasteiger partial charge in [0.05, 0.1) is 14.2 Å². The van der Waals surface area contributed by atoms with Gasteiger partial charge in [0.15, 0.2) is 11.5 Å². The van der Waals surface area contributed by atoms with Crippen molar-refractivity contribution in [2.75, 3.05) is 20.8 Å². The van der Waals surface area contributed by atoms with Gasteiger partial charge >= 0.3 is 0 Å². The van der Waals surface area contributed by atoms with E-state index >= 15 is 0 Å². The Morgan fingerprint density at radius 1 is 1.14 bits per heavy atom. The van der Waals surface area contributed by atoms with Crippen LogP contribution in [-0.2, 0) is 6.54 Å². The molecule has 5 nitrogen and oxygen atoms in total. The number of aromatic hydroxyl groups is 1. The van der Waals surface area contributed by atoms with Gasteiger partial charge in [-0.25, -0.2) is 0 Å². The van der Waals surface area contributed by atoms with Gasteiger partial charge < -0.3 is 25.0 Å². The zero-order valence-corrected chi connectivity index (χ0v) is 12.8. The van der Waals surface area contributed by atoms with Crippen molar-refractivity contribution in [3.05, 3.63) is 17.7 Å². The summed E-state index contributed by atoms with van der Waals surface area (Å²) in [6.07, 6.45) is 4.58. The topological polar surface area (TPSA) is 71.0 Å². The third-order valence-electron chi connectivity index (χ3n) is 4.25. The normalized spacial score (nSPS) is 22.0. The Kier molecular flexibility index (Phi) is 5.70. The van der Waals surface area contributed by atoms with Crippen molar-refractivity contribution < 1.29 is 19.7 Å². The van der Waals surface area contributed by atoms with Crippen LogP contribution in [0.25, 0.3) is 0 Å². The van der Waals surface area contributed by atoms with Crippen LogP contribution in [0.1, 0.15) is 31.2 Å². The molecule has 0 amide bonds. The number of ether oxygens (including phenoxy) is 2. The van der Waals surface area contributed by atoms with Crippen LogP contribution >= 0.6 is 0 Å². The van der Waals surface area contributed by atoms with Gasteiger partial charge in [0, 0.05) is 19.2 Å². The summed E-state index contributed by atoms with van der Waals surface area (Å²) in [4.78, 5) is 0. The molecule has 0 aliphatic heterocycles. The lowest BCUT2D eigenvalue weighted by molar-refractivity contribution is 0.152. The quantitative estimate of drug-likeness (QED) is 0.749. The third-order valence-corrected chi connectivity index (χ3v) is 4.25. The molecule has 0 aromatic heterocycles. The standard InChI is InChI=1S/C16H25NO4/c1-20-14-7-11(8-15(21-2)16(14)19)9-17-13-6-4-3-5-12(13)10-18/h7-8,12-13,17-19H,3-6,9-10H2,1-2H3. The van der Waals surface area contributed by atoms with Crippen molar-refractivity contribution in [2.24, 2.45) is 5.92 Å². The van der Waals surface area contributed by atoms with Gasteiger partial charge in [0.1, 0.15) is 0 Å². The van der Waals surface area contributed by atoms with Crippen LogP contribution in [-0.4, -0.2) is 37.1 Å². The van der Waals surface area contributed by atoms with E-state index in [0.29, 0.717) is 30.0 Å². The lowest BCUT2D eigenvalue weighted by Gasteiger charge is -2.31. The van der Waals surface area contributed by atoms with Crippen LogP contribution in [0.15, 0.2) is 12.1 Å². The zero-order valence-electron chi connectivity index (χ0n) is 12.8. The molecule has 0 bridgehead atoms. The summed E-state index contributed by atoms with van der Waals surface area (Å²) in [5.74, 6) is 1.18. The lowest BCUT2D eigenvalue weighted by Crippen LogP contribution is -2.39. The largest absolute Gasteiger partial charge is 0.502 e. The molecule has 118 valence electrons. The number of benzene rings is 1. The van der Waals surface area contributed by atoms with Crippen LogP contribution in [0.2, 0.25) is 0 Å². The molecule has 1 aliphatic rings. The van der Waals surface area contributed by atoms with Crippen LogP contribution < -0.4 is 14.8 Å². The summed E-state index contributed by atoms with van der Waals surface area (Å²) >= 11 is 0. The second kappa shape index (κ2) is 7.52. The molecule has 1 aromatic carbocycles. The average molecular weight is 295 g/mol. The van der Waals surface area contributed by atoms with E-state index in [1.165, 1.54) is 27.1 Å². The number of aliphatic hydroxyl groups excluding tert-OH is 1. The molecule has 5 heteroatoms. The van der Waals surface area contributed by atoms with Gasteiger partial charge in [0.2, 0.25) is 5.75 Å². The van der Waals surface area contributed by atoms with Crippen LogP contribution in [0, 0.1) is 5.92 Å². The van der Waals surface area contributed by atoms with E-state index < -0.39 is 0 Å². The first kappa shape index (κ1) is 15.9. The van der Waals surface area contributed by atoms with Crippen molar-refractivity contribution in [3.8, 4) is 17.2 Å². The molecule has 2 rings (SSSR count). The fourth-order valence-corrected chi connectivity index (χ4v) is 2.99. The van der Waals surface area contributed by atoms with Crippen molar-refractivity contribution in [1.29, 1.82) is 0 Å². The predicted octanol–water partition coefficient (Wildman–Crippen LogP) is 2.05. The highest BCUT2D eigenvalue weighted by Crippen LogP contribution is 2.37. The Labute approximate surface area is 125 Å². The Morgan fingerprint density at radius 3 is 2.33 bits per heavy atom. The summed E-state index contributed by atoms with van der Waals surface area (Å²) in [7, 11) is 3.04. The molecule has 2 atom stereocenters. The van der Waals surface area contributed by atoms with E-state index in [1.807, 2.05) is 12.1 Å². The minimum atomic E-state index is 0.0228. The zero-order chi connectivity index (χ0) is 15.2. The molecular formula is C16H25NO4. The van der Waals surface area contributed by atoms with Gasteiger partial charge in [0.25, 0.3) is 0 Å². The van der Waals surface area contributed by atoms with Gasteiger partial charge in [-0.15, -0.1) is 0 Å². The second-order valence-corrected chi connectivity index (χ2v) is 5.56. The van der Waals surface area contributed by atoms with Gasteiger partial charge in [-0.1, -0.05) is 12.8 Å². The summed E-state index contributed by atoms with van der Waals surface area (Å²) in [6.45, 7) is 0.897. The van der Waals surface area contributed by atoms with Crippen molar-refractivity contribution >= 4 is 0 Å². The Hall–Kier alpha value is -1.46. The lowest BCUT2D eigenvalue weighted by atomic mass is 9.85. The molecule has 1 fully saturated rings. The predicted molar refractivity (Wildman–Crippen MR) is 80.9 cm³/mol. The van der Waals surface area contributed by atoms with Gasteiger partial charge in [-0.2, -0.15) is 0 Å². The molecule has 2 unspecified atom stereocenters. The number of phenols is 1. The Morgan fingerprint density at radius 2 is 1.76 bits per heavy atom. The summed E-state index contributed by atoms with van der Waals surface area (Å²) in [6, 6.07) is 3.96. The first-order chi connectivity index (χ1) is 10.2. The van der Waals surface area contributed by atoms with Crippen LogP contribution in [0.3, 0.4) is 0 Å². The molecule has 1 aliphatic carbocycles. The van der Waals surface area contributed by atoms with E-state index in [4.69, 9.17) is 9.47 Å². The summed E-state index contributed by atoms with van der Waals surface area (Å²) in [5.41, 5.74) is 0.990. The van der Waals surface area contributed by atoms with Crippen molar-refractivity contribution in [2.45, 2.75) is 38.3 Å². The smallest absolute Gasteiger partial charge is 0.200 e. The molecule has 1 saturated carbocycles. The average Bonchev–Trinajstić information content (AvgIpc) is 2.54. The van der Waals surface area contributed by atoms with Crippen molar-refractivity contribution in [1.82, 2.24) is 5.32 Å². The minimum Gasteiger partial charge on any atom is -0.502 e. The fraction of sp³-hybridized carbons (Fsp3) is 0.625. The highest BCUT2D eigenvalue weighted by Gasteiger charge is 2.24. The van der Waals surface area contributed by atoms with Crippen LogP contribution in [0.4, 0.5) is 0 Å². The first-order valence-corrected chi connectivity index (χ1v) is 7.47. The number of phenolic OH excluding ortho intramolecular Hbond substituents is 1. The van der Waals surface area contributed by atoms with Gasteiger partial charge in [-0.05, 0) is 36.5 Å². The van der Waals surface area contributed by atoms with E-state index in [-0.39, 0.29) is 12.4 Å². The highest BCUT2D eigenvalue weighted by molar-refractivity contribution is 5.52. The van der Waals surface area contributed by atoms with Gasteiger partial charge in [-0.3, -0.25) is 0 Å². The number of hydrogen-bond acceptors (Lipinski definition) is 5. The molecule has 3 N–H and O–H groups in total. The van der Waals surface area contributed by atoms with Crippen LogP contribution in [0.5, 0.6) is 17.2 Å². The molecular weight excluding hydrogens is 270 g/mol. The number of nitrogens with one attached hydrogen (secondary N) is 1. The maximum absolute atomic E-state index is 9.91. The maximum atomic E-state index is 9.91. The fourth-order valence-electron chi connectivity index (χ4n) is 2.99. The van der Waals surface area contributed by atoms with E-state index in [1.54, 1.807) is 0 Å². The molecule has 21 heavy (non-hydrogen) atoms. The second-order valence-electron chi connectivity index (χ2n) is 5.56. The van der Waals surface area contributed by atoms with Crippen molar-refractivity contribution in [3.63, 3.8) is 0 Å². The third kappa shape index (κ3) is 3.80. The minimum absolute atomic E-state index is 0.0228. The van der Waals surface area contributed by atoms with E-state index in [9.17, 15) is 10.2 Å². The number of hydrogen-bond donors (Lipinski definition) is 3. The number of aliphatic hydroxyl groups is 1. The monoisotopic (exact) mass is 295 g/mol. The summed E-state index contributed by atoms with van der Waals surface area (Å²) in [5, 5.41) is 22.9. The maximum Gasteiger partial charge on any atom is 0.200 e. The first-order valence-electron chi connectivity index (χ1n) is 7.47. The Bertz CT molecular complexity index is 439. The molecule has 0 saturated heterocycles. The SMILES string of the molecule is COc1cc(CNC2CCCCC2CO)cc(OC)c1O.